The molecular weight excluding hydrogens is 347 g/mol. The lowest BCUT2D eigenvalue weighted by molar-refractivity contribution is -0.384. The van der Waals surface area contributed by atoms with Crippen molar-refractivity contribution in [2.24, 2.45) is 5.92 Å². The first-order valence-corrected chi connectivity index (χ1v) is 7.28. The van der Waals surface area contributed by atoms with Crippen molar-refractivity contribution in [3.8, 4) is 0 Å². The SMILES string of the molecule is O=C(O)CC1CCN(c2cc(Br)c(F)cc2[N+](=O)[O-])CC1. The van der Waals surface area contributed by atoms with Gasteiger partial charge in [0.25, 0.3) is 5.69 Å². The van der Waals surface area contributed by atoms with E-state index in [9.17, 15) is 19.3 Å². The number of carboxylic acids is 1. The molecule has 0 saturated carbocycles. The summed E-state index contributed by atoms with van der Waals surface area (Å²) in [4.78, 5) is 23.0. The van der Waals surface area contributed by atoms with Crippen LogP contribution in [0.25, 0.3) is 0 Å². The Morgan fingerprint density at radius 3 is 2.62 bits per heavy atom. The third-order valence-electron chi connectivity index (χ3n) is 3.63. The largest absolute Gasteiger partial charge is 0.481 e. The van der Waals surface area contributed by atoms with Crippen molar-refractivity contribution in [1.82, 2.24) is 0 Å². The van der Waals surface area contributed by atoms with Crippen molar-refractivity contribution in [3.05, 3.63) is 32.5 Å². The number of piperidine rings is 1. The van der Waals surface area contributed by atoms with Gasteiger partial charge in [0, 0.05) is 19.5 Å². The Hall–Kier alpha value is -1.70. The van der Waals surface area contributed by atoms with Crippen LogP contribution >= 0.6 is 15.9 Å². The summed E-state index contributed by atoms with van der Waals surface area (Å²) < 4.78 is 13.6. The molecule has 0 bridgehead atoms. The van der Waals surface area contributed by atoms with E-state index in [0.717, 1.165) is 6.07 Å². The van der Waals surface area contributed by atoms with Gasteiger partial charge in [-0.2, -0.15) is 0 Å². The molecule has 1 aliphatic rings. The van der Waals surface area contributed by atoms with E-state index in [2.05, 4.69) is 15.9 Å². The molecule has 1 aliphatic heterocycles. The van der Waals surface area contributed by atoms with Crippen molar-refractivity contribution in [1.29, 1.82) is 0 Å². The molecule has 0 radical (unpaired) electrons. The smallest absolute Gasteiger partial charge is 0.303 e. The van der Waals surface area contributed by atoms with E-state index < -0.39 is 16.7 Å². The number of hydrogen-bond acceptors (Lipinski definition) is 4. The molecule has 1 saturated heterocycles. The molecule has 0 aliphatic carbocycles. The molecule has 0 aromatic heterocycles. The first kappa shape index (κ1) is 15.7. The van der Waals surface area contributed by atoms with E-state index in [1.807, 2.05) is 0 Å². The summed E-state index contributed by atoms with van der Waals surface area (Å²) in [6.45, 7) is 1.05. The van der Waals surface area contributed by atoms with Gasteiger partial charge in [0.05, 0.1) is 15.5 Å². The van der Waals surface area contributed by atoms with Gasteiger partial charge in [-0.05, 0) is 40.8 Å². The second-order valence-electron chi connectivity index (χ2n) is 5.04. The maximum Gasteiger partial charge on any atom is 0.303 e. The first-order chi connectivity index (χ1) is 9.88. The summed E-state index contributed by atoms with van der Waals surface area (Å²) in [6, 6.07) is 2.31. The fraction of sp³-hybridized carbons (Fsp3) is 0.462. The summed E-state index contributed by atoms with van der Waals surface area (Å²) in [5.41, 5.74) is 0.0921. The van der Waals surface area contributed by atoms with E-state index in [0.29, 0.717) is 31.6 Å². The van der Waals surface area contributed by atoms with Crippen LogP contribution in [0.2, 0.25) is 0 Å². The van der Waals surface area contributed by atoms with Crippen molar-refractivity contribution in [3.63, 3.8) is 0 Å². The minimum absolute atomic E-state index is 0.0849. The van der Waals surface area contributed by atoms with Crippen LogP contribution in [0.1, 0.15) is 19.3 Å². The molecule has 6 nitrogen and oxygen atoms in total. The molecule has 1 aromatic carbocycles. The van der Waals surface area contributed by atoms with Crippen LogP contribution < -0.4 is 4.90 Å². The molecule has 21 heavy (non-hydrogen) atoms. The van der Waals surface area contributed by atoms with Gasteiger partial charge in [0.1, 0.15) is 11.5 Å². The Morgan fingerprint density at radius 1 is 1.48 bits per heavy atom. The second-order valence-corrected chi connectivity index (χ2v) is 5.89. The molecule has 114 valence electrons. The summed E-state index contributed by atoms with van der Waals surface area (Å²) in [5, 5.41) is 19.8. The Morgan fingerprint density at radius 2 is 2.10 bits per heavy atom. The van der Waals surface area contributed by atoms with E-state index in [1.54, 1.807) is 4.90 Å². The molecule has 1 aromatic rings. The number of nitro groups is 1. The molecule has 0 atom stereocenters. The van der Waals surface area contributed by atoms with Crippen molar-refractivity contribution in [2.45, 2.75) is 19.3 Å². The number of halogens is 2. The van der Waals surface area contributed by atoms with Gasteiger partial charge < -0.3 is 10.0 Å². The highest BCUT2D eigenvalue weighted by Gasteiger charge is 2.27. The van der Waals surface area contributed by atoms with Crippen molar-refractivity contribution >= 4 is 33.3 Å². The number of rotatable bonds is 4. The molecule has 0 spiro atoms. The maximum absolute atomic E-state index is 13.5. The monoisotopic (exact) mass is 360 g/mol. The number of nitro benzene ring substituents is 1. The Bertz CT molecular complexity index is 574. The highest BCUT2D eigenvalue weighted by atomic mass is 79.9. The maximum atomic E-state index is 13.5. The molecule has 2 rings (SSSR count). The van der Waals surface area contributed by atoms with Crippen molar-refractivity contribution < 1.29 is 19.2 Å². The van der Waals surface area contributed by atoms with E-state index in [4.69, 9.17) is 5.11 Å². The van der Waals surface area contributed by atoms with Crippen LogP contribution in [0, 0.1) is 21.8 Å². The zero-order valence-corrected chi connectivity index (χ0v) is 12.7. The van der Waals surface area contributed by atoms with E-state index in [-0.39, 0.29) is 22.5 Å². The third-order valence-corrected chi connectivity index (χ3v) is 4.24. The predicted octanol–water partition coefficient (Wildman–Crippen LogP) is 3.19. The number of aliphatic carboxylic acids is 1. The fourth-order valence-corrected chi connectivity index (χ4v) is 2.88. The van der Waals surface area contributed by atoms with Gasteiger partial charge in [0.2, 0.25) is 0 Å². The average molecular weight is 361 g/mol. The number of anilines is 1. The van der Waals surface area contributed by atoms with Crippen LogP contribution in [0.5, 0.6) is 0 Å². The Kier molecular flexibility index (Phi) is 4.76. The van der Waals surface area contributed by atoms with Crippen LogP contribution in [0.15, 0.2) is 16.6 Å². The summed E-state index contributed by atoms with van der Waals surface area (Å²) in [5.74, 6) is -1.42. The lowest BCUT2D eigenvalue weighted by Gasteiger charge is -2.32. The molecule has 8 heteroatoms. The standard InChI is InChI=1S/C13H14BrFN2O4/c14-9-6-11(12(17(20)21)7-10(9)15)16-3-1-8(2-4-16)5-13(18)19/h6-8H,1-5H2,(H,18,19). The predicted molar refractivity (Wildman–Crippen MR) is 77.9 cm³/mol. The minimum atomic E-state index is -0.830. The lowest BCUT2D eigenvalue weighted by Crippen LogP contribution is -2.34. The molecule has 1 fully saturated rings. The average Bonchev–Trinajstić information content (AvgIpc) is 2.41. The van der Waals surface area contributed by atoms with E-state index >= 15 is 0 Å². The van der Waals surface area contributed by atoms with Gasteiger partial charge in [-0.1, -0.05) is 0 Å². The van der Waals surface area contributed by atoms with Gasteiger partial charge in [-0.15, -0.1) is 0 Å². The summed E-state index contributed by atoms with van der Waals surface area (Å²) in [7, 11) is 0. The van der Waals surface area contributed by atoms with Crippen LogP contribution in [0.4, 0.5) is 15.8 Å². The molecule has 1 heterocycles. The van der Waals surface area contributed by atoms with Gasteiger partial charge in [-0.3, -0.25) is 14.9 Å². The molecular formula is C13H14BrFN2O4. The lowest BCUT2D eigenvalue weighted by atomic mass is 9.93. The summed E-state index contributed by atoms with van der Waals surface area (Å²) >= 11 is 3.04. The topological polar surface area (TPSA) is 83.7 Å². The molecule has 0 unspecified atom stereocenters. The molecule has 1 N–H and O–H groups in total. The number of benzene rings is 1. The zero-order chi connectivity index (χ0) is 15.6. The minimum Gasteiger partial charge on any atom is -0.481 e. The van der Waals surface area contributed by atoms with E-state index in [1.165, 1.54) is 6.07 Å². The zero-order valence-electron chi connectivity index (χ0n) is 11.1. The third kappa shape index (κ3) is 3.69. The van der Waals surface area contributed by atoms with Crippen LogP contribution in [-0.4, -0.2) is 29.1 Å². The number of nitrogens with zero attached hydrogens (tertiary/aromatic N) is 2. The second kappa shape index (κ2) is 6.38. The highest BCUT2D eigenvalue weighted by molar-refractivity contribution is 9.10. The fourth-order valence-electron chi connectivity index (χ4n) is 2.55. The number of carbonyl (C=O) groups is 1. The van der Waals surface area contributed by atoms with Crippen molar-refractivity contribution in [2.75, 3.05) is 18.0 Å². The highest BCUT2D eigenvalue weighted by Crippen LogP contribution is 2.35. The van der Waals surface area contributed by atoms with Gasteiger partial charge in [0.15, 0.2) is 0 Å². The Labute approximate surface area is 128 Å². The number of carboxylic acid groups (broad SMARTS) is 1. The first-order valence-electron chi connectivity index (χ1n) is 6.48. The Balaban J connectivity index is 2.18. The number of hydrogen-bond donors (Lipinski definition) is 1. The van der Waals surface area contributed by atoms with Gasteiger partial charge in [-0.25, -0.2) is 4.39 Å². The molecule has 0 amide bonds. The van der Waals surface area contributed by atoms with Gasteiger partial charge >= 0.3 is 5.97 Å². The summed E-state index contributed by atoms with van der Waals surface area (Å²) in [6.07, 6.45) is 1.42. The van der Waals surface area contributed by atoms with Crippen LogP contribution in [0.3, 0.4) is 0 Å². The normalized spacial score (nSPS) is 16.0. The van der Waals surface area contributed by atoms with Crippen LogP contribution in [-0.2, 0) is 4.79 Å². The quantitative estimate of drug-likeness (QED) is 0.658.